The minimum atomic E-state index is 0.303. The minimum absolute atomic E-state index is 0.303. The smallest absolute Gasteiger partial charge is 0.0412 e. The molecule has 1 aliphatic carbocycles. The molecular weight excluding hydrogens is 210 g/mol. The number of hydrogen-bond donors (Lipinski definition) is 2. The lowest BCUT2D eigenvalue weighted by Gasteiger charge is -2.30. The summed E-state index contributed by atoms with van der Waals surface area (Å²) >= 11 is 0. The molecule has 0 unspecified atom stereocenters. The van der Waals surface area contributed by atoms with E-state index in [0.29, 0.717) is 12.1 Å². The number of nitrogens with zero attached hydrogens (tertiary/aromatic N) is 1. The predicted molar refractivity (Wildman–Crippen MR) is 74.6 cm³/mol. The van der Waals surface area contributed by atoms with Crippen molar-refractivity contribution in [1.82, 2.24) is 0 Å². The third-order valence-corrected chi connectivity index (χ3v) is 3.56. The topological polar surface area (TPSA) is 41.3 Å². The molecule has 0 radical (unpaired) electrons. The maximum absolute atomic E-state index is 6.13. The van der Waals surface area contributed by atoms with Gasteiger partial charge in [-0.25, -0.2) is 0 Å². The van der Waals surface area contributed by atoms with Crippen LogP contribution in [0.3, 0.4) is 0 Å². The van der Waals surface area contributed by atoms with E-state index in [1.165, 1.54) is 30.6 Å². The first-order valence-corrected chi connectivity index (χ1v) is 6.46. The van der Waals surface area contributed by atoms with Crippen molar-refractivity contribution in [3.63, 3.8) is 0 Å². The highest BCUT2D eigenvalue weighted by atomic mass is 15.1. The quantitative estimate of drug-likeness (QED) is 0.842. The van der Waals surface area contributed by atoms with Crippen LogP contribution < -0.4 is 16.0 Å². The molecule has 0 bridgehead atoms. The van der Waals surface area contributed by atoms with Crippen LogP contribution in [0.5, 0.6) is 0 Å². The molecule has 0 spiro atoms. The Morgan fingerprint density at radius 2 is 1.76 bits per heavy atom. The van der Waals surface area contributed by atoms with Crippen LogP contribution in [0, 0.1) is 0 Å². The fourth-order valence-electron chi connectivity index (χ4n) is 2.41. The van der Waals surface area contributed by atoms with Gasteiger partial charge < -0.3 is 16.0 Å². The summed E-state index contributed by atoms with van der Waals surface area (Å²) in [6, 6.07) is 9.28. The number of hydrogen-bond acceptors (Lipinski definition) is 3. The molecule has 94 valence electrons. The second-order valence-electron chi connectivity index (χ2n) is 5.14. The summed E-state index contributed by atoms with van der Waals surface area (Å²) < 4.78 is 0. The van der Waals surface area contributed by atoms with E-state index < -0.39 is 0 Å². The first-order valence-electron chi connectivity index (χ1n) is 6.46. The Morgan fingerprint density at radius 3 is 2.35 bits per heavy atom. The summed E-state index contributed by atoms with van der Waals surface area (Å²) in [6.45, 7) is 0. The van der Waals surface area contributed by atoms with Gasteiger partial charge in [-0.1, -0.05) is 12.8 Å². The standard InChI is InChI=1S/C14H23N3/c1-17(2)12-9-7-11(8-10-12)16-14-6-4-3-5-13(14)15/h7-10,13-14,16H,3-6,15H2,1-2H3/t13-,14-/m1/s1. The van der Waals surface area contributed by atoms with Gasteiger partial charge in [-0.05, 0) is 37.1 Å². The zero-order valence-corrected chi connectivity index (χ0v) is 10.8. The molecule has 1 fully saturated rings. The van der Waals surface area contributed by atoms with Crippen molar-refractivity contribution in [2.75, 3.05) is 24.3 Å². The molecular formula is C14H23N3. The largest absolute Gasteiger partial charge is 0.381 e. The highest BCUT2D eigenvalue weighted by Crippen LogP contribution is 2.22. The van der Waals surface area contributed by atoms with Crippen molar-refractivity contribution >= 4 is 11.4 Å². The molecule has 3 nitrogen and oxygen atoms in total. The van der Waals surface area contributed by atoms with Gasteiger partial charge in [0.1, 0.15) is 0 Å². The molecule has 0 amide bonds. The van der Waals surface area contributed by atoms with Crippen molar-refractivity contribution in [1.29, 1.82) is 0 Å². The van der Waals surface area contributed by atoms with Gasteiger partial charge in [-0.15, -0.1) is 0 Å². The Balaban J connectivity index is 1.98. The molecule has 0 aromatic heterocycles. The Hall–Kier alpha value is -1.22. The van der Waals surface area contributed by atoms with Gasteiger partial charge in [0.25, 0.3) is 0 Å². The zero-order valence-electron chi connectivity index (χ0n) is 10.8. The molecule has 17 heavy (non-hydrogen) atoms. The van der Waals surface area contributed by atoms with E-state index in [0.717, 1.165) is 6.42 Å². The Bertz CT molecular complexity index is 345. The maximum atomic E-state index is 6.13. The van der Waals surface area contributed by atoms with Crippen molar-refractivity contribution in [2.24, 2.45) is 5.73 Å². The Morgan fingerprint density at radius 1 is 1.12 bits per heavy atom. The number of anilines is 2. The number of nitrogens with one attached hydrogen (secondary N) is 1. The minimum Gasteiger partial charge on any atom is -0.381 e. The van der Waals surface area contributed by atoms with Crippen molar-refractivity contribution < 1.29 is 0 Å². The van der Waals surface area contributed by atoms with Gasteiger partial charge in [0.05, 0.1) is 0 Å². The highest BCUT2D eigenvalue weighted by Gasteiger charge is 2.21. The average Bonchev–Trinajstić information content (AvgIpc) is 2.33. The van der Waals surface area contributed by atoms with E-state index >= 15 is 0 Å². The number of benzene rings is 1. The van der Waals surface area contributed by atoms with Gasteiger partial charge in [-0.2, -0.15) is 0 Å². The lowest BCUT2D eigenvalue weighted by molar-refractivity contribution is 0.404. The number of rotatable bonds is 3. The van der Waals surface area contributed by atoms with E-state index in [4.69, 9.17) is 5.73 Å². The molecule has 3 heteroatoms. The first-order chi connectivity index (χ1) is 8.16. The summed E-state index contributed by atoms with van der Waals surface area (Å²) in [5, 5.41) is 3.55. The van der Waals surface area contributed by atoms with Crippen LogP contribution in [0.4, 0.5) is 11.4 Å². The van der Waals surface area contributed by atoms with Crippen molar-refractivity contribution in [3.05, 3.63) is 24.3 Å². The third-order valence-electron chi connectivity index (χ3n) is 3.56. The Kier molecular flexibility index (Phi) is 3.89. The summed E-state index contributed by atoms with van der Waals surface area (Å²) in [4.78, 5) is 2.11. The van der Waals surface area contributed by atoms with Crippen LogP contribution in [0.2, 0.25) is 0 Å². The van der Waals surface area contributed by atoms with E-state index in [1.807, 2.05) is 0 Å². The lowest BCUT2D eigenvalue weighted by Crippen LogP contribution is -2.42. The molecule has 1 aliphatic rings. The van der Waals surface area contributed by atoms with Gasteiger partial charge in [-0.3, -0.25) is 0 Å². The lowest BCUT2D eigenvalue weighted by atomic mass is 9.91. The van der Waals surface area contributed by atoms with Crippen LogP contribution in [-0.2, 0) is 0 Å². The molecule has 0 saturated heterocycles. The van der Waals surface area contributed by atoms with Crippen molar-refractivity contribution in [3.8, 4) is 0 Å². The van der Waals surface area contributed by atoms with E-state index in [-0.39, 0.29) is 0 Å². The van der Waals surface area contributed by atoms with E-state index in [1.54, 1.807) is 0 Å². The monoisotopic (exact) mass is 233 g/mol. The second kappa shape index (κ2) is 5.41. The molecule has 2 atom stereocenters. The molecule has 0 aliphatic heterocycles. The molecule has 1 aromatic carbocycles. The van der Waals surface area contributed by atoms with Gasteiger partial charge in [0.15, 0.2) is 0 Å². The fraction of sp³-hybridized carbons (Fsp3) is 0.571. The molecule has 3 N–H and O–H groups in total. The fourth-order valence-corrected chi connectivity index (χ4v) is 2.41. The van der Waals surface area contributed by atoms with Crippen molar-refractivity contribution in [2.45, 2.75) is 37.8 Å². The molecule has 1 saturated carbocycles. The van der Waals surface area contributed by atoms with Gasteiger partial charge in [0.2, 0.25) is 0 Å². The zero-order chi connectivity index (χ0) is 12.3. The highest BCUT2D eigenvalue weighted by molar-refractivity contribution is 5.54. The number of nitrogens with two attached hydrogens (primary N) is 1. The molecule has 0 heterocycles. The van der Waals surface area contributed by atoms with Crippen LogP contribution in [0.15, 0.2) is 24.3 Å². The summed E-state index contributed by atoms with van der Waals surface area (Å²) in [5.74, 6) is 0. The third kappa shape index (κ3) is 3.13. The van der Waals surface area contributed by atoms with Crippen LogP contribution in [0.25, 0.3) is 0 Å². The van der Waals surface area contributed by atoms with E-state index in [9.17, 15) is 0 Å². The molecule has 2 rings (SSSR count). The van der Waals surface area contributed by atoms with Crippen LogP contribution >= 0.6 is 0 Å². The summed E-state index contributed by atoms with van der Waals surface area (Å²) in [7, 11) is 4.11. The molecule has 1 aromatic rings. The maximum Gasteiger partial charge on any atom is 0.0412 e. The average molecular weight is 233 g/mol. The first kappa shape index (κ1) is 12.2. The predicted octanol–water partition coefficient (Wildman–Crippen LogP) is 2.43. The summed E-state index contributed by atoms with van der Waals surface area (Å²) in [5.41, 5.74) is 8.54. The Labute approximate surface area is 104 Å². The van der Waals surface area contributed by atoms with Gasteiger partial charge >= 0.3 is 0 Å². The second-order valence-corrected chi connectivity index (χ2v) is 5.14. The van der Waals surface area contributed by atoms with E-state index in [2.05, 4.69) is 48.6 Å². The SMILES string of the molecule is CN(C)c1ccc(N[C@@H]2CCCC[C@H]2N)cc1. The van der Waals surface area contributed by atoms with Crippen LogP contribution in [0.1, 0.15) is 25.7 Å². The van der Waals surface area contributed by atoms with Gasteiger partial charge in [0, 0.05) is 37.6 Å². The normalized spacial score (nSPS) is 24.4. The van der Waals surface area contributed by atoms with Crippen LogP contribution in [-0.4, -0.2) is 26.2 Å². The summed E-state index contributed by atoms with van der Waals surface area (Å²) in [6.07, 6.45) is 4.91.